The van der Waals surface area contributed by atoms with E-state index in [1.165, 1.54) is 5.56 Å². The average Bonchev–Trinajstić information content (AvgIpc) is 2.73. The predicted molar refractivity (Wildman–Crippen MR) is 80.7 cm³/mol. The third-order valence-electron chi connectivity index (χ3n) is 3.65. The zero-order chi connectivity index (χ0) is 14.8. The zero-order valence-corrected chi connectivity index (χ0v) is 13.4. The third kappa shape index (κ3) is 3.73. The summed E-state index contributed by atoms with van der Waals surface area (Å²) in [7, 11) is -3.00. The Bertz CT molecular complexity index is 580. The van der Waals surface area contributed by atoms with Gasteiger partial charge < -0.3 is 10.2 Å². The third-order valence-corrected chi connectivity index (χ3v) is 6.34. The minimum absolute atomic E-state index is 0.0447. The minimum Gasteiger partial charge on any atom is -0.333 e. The highest BCUT2D eigenvalue weighted by atomic mass is 32.2. The molecule has 112 valence electrons. The molecule has 0 saturated carbocycles. The fourth-order valence-corrected chi connectivity index (χ4v) is 4.44. The summed E-state index contributed by atoms with van der Waals surface area (Å²) >= 11 is 1.61. The second-order valence-corrected chi connectivity index (χ2v) is 8.47. The maximum atomic E-state index is 12.2. The lowest BCUT2D eigenvalue weighted by molar-refractivity contribution is 0.182. The standard InChI is InChI=1S/C13H20N2O3S2/c1-10-3-6-19-12(10)9-14-13(16)15-5-8-20(17,18)7-4-11(15)2/h3,6,11H,4-5,7-9H2,1-2H3,(H,14,16). The highest BCUT2D eigenvalue weighted by Crippen LogP contribution is 2.16. The molecule has 0 radical (unpaired) electrons. The van der Waals surface area contributed by atoms with E-state index in [-0.39, 0.29) is 30.1 Å². The summed E-state index contributed by atoms with van der Waals surface area (Å²) < 4.78 is 23.2. The molecule has 1 unspecified atom stereocenters. The Morgan fingerprint density at radius 3 is 2.90 bits per heavy atom. The van der Waals surface area contributed by atoms with E-state index in [0.29, 0.717) is 13.0 Å². The Morgan fingerprint density at radius 2 is 2.25 bits per heavy atom. The van der Waals surface area contributed by atoms with Gasteiger partial charge in [-0.3, -0.25) is 0 Å². The number of hydrogen-bond acceptors (Lipinski definition) is 4. The number of hydrogen-bond donors (Lipinski definition) is 1. The molecule has 7 heteroatoms. The van der Waals surface area contributed by atoms with Crippen LogP contribution in [0, 0.1) is 6.92 Å². The van der Waals surface area contributed by atoms with Gasteiger partial charge in [-0.1, -0.05) is 0 Å². The van der Waals surface area contributed by atoms with Crippen LogP contribution in [0.15, 0.2) is 11.4 Å². The van der Waals surface area contributed by atoms with Crippen molar-refractivity contribution in [2.45, 2.75) is 32.9 Å². The van der Waals surface area contributed by atoms with Gasteiger partial charge in [-0.05, 0) is 37.3 Å². The van der Waals surface area contributed by atoms with Crippen molar-refractivity contribution < 1.29 is 13.2 Å². The molecule has 20 heavy (non-hydrogen) atoms. The summed E-state index contributed by atoms with van der Waals surface area (Å²) in [6.07, 6.45) is 0.508. The Kier molecular flexibility index (Phi) is 4.70. The minimum atomic E-state index is -3.00. The van der Waals surface area contributed by atoms with Gasteiger partial charge in [-0.15, -0.1) is 11.3 Å². The van der Waals surface area contributed by atoms with E-state index in [9.17, 15) is 13.2 Å². The van der Waals surface area contributed by atoms with E-state index in [0.717, 1.165) is 4.88 Å². The highest BCUT2D eigenvalue weighted by molar-refractivity contribution is 7.91. The SMILES string of the molecule is Cc1ccsc1CNC(=O)N1CCS(=O)(=O)CCC1C. The first-order chi connectivity index (χ1) is 9.39. The van der Waals surface area contributed by atoms with Crippen molar-refractivity contribution in [3.05, 3.63) is 21.9 Å². The number of urea groups is 1. The molecule has 1 N–H and O–H groups in total. The summed E-state index contributed by atoms with van der Waals surface area (Å²) in [5.41, 5.74) is 1.17. The van der Waals surface area contributed by atoms with Crippen molar-refractivity contribution in [2.24, 2.45) is 0 Å². The molecule has 1 aromatic heterocycles. The first kappa shape index (κ1) is 15.3. The summed E-state index contributed by atoms with van der Waals surface area (Å²) in [5.74, 6) is 0.227. The molecular weight excluding hydrogens is 296 g/mol. The summed E-state index contributed by atoms with van der Waals surface area (Å²) in [6, 6.07) is 1.80. The number of carbonyl (C=O) groups is 1. The van der Waals surface area contributed by atoms with Crippen molar-refractivity contribution in [2.75, 3.05) is 18.1 Å². The summed E-state index contributed by atoms with van der Waals surface area (Å²) in [5, 5.41) is 4.88. The highest BCUT2D eigenvalue weighted by Gasteiger charge is 2.27. The molecule has 2 amide bonds. The zero-order valence-electron chi connectivity index (χ0n) is 11.8. The van der Waals surface area contributed by atoms with Crippen LogP contribution in [0.2, 0.25) is 0 Å². The van der Waals surface area contributed by atoms with Gasteiger partial charge in [0.2, 0.25) is 0 Å². The Labute approximate surface area is 123 Å². The lowest BCUT2D eigenvalue weighted by Crippen LogP contribution is -2.45. The van der Waals surface area contributed by atoms with Gasteiger partial charge in [-0.2, -0.15) is 0 Å². The lowest BCUT2D eigenvalue weighted by Gasteiger charge is -2.26. The Balaban J connectivity index is 1.96. The summed E-state index contributed by atoms with van der Waals surface area (Å²) in [6.45, 7) is 4.69. The number of nitrogens with one attached hydrogen (secondary N) is 1. The van der Waals surface area contributed by atoms with Crippen LogP contribution >= 0.6 is 11.3 Å². The van der Waals surface area contributed by atoms with Crippen molar-refractivity contribution in [3.8, 4) is 0 Å². The fourth-order valence-electron chi connectivity index (χ4n) is 2.21. The van der Waals surface area contributed by atoms with Crippen LogP contribution in [-0.2, 0) is 16.4 Å². The number of thiophene rings is 1. The Hall–Kier alpha value is -1.08. The molecule has 0 spiro atoms. The van der Waals surface area contributed by atoms with Crippen LogP contribution in [0.1, 0.15) is 23.8 Å². The van der Waals surface area contributed by atoms with Crippen LogP contribution < -0.4 is 5.32 Å². The number of sulfone groups is 1. The molecule has 0 aromatic carbocycles. The second-order valence-electron chi connectivity index (χ2n) is 5.17. The molecule has 1 aliphatic rings. The van der Waals surface area contributed by atoms with Gasteiger partial charge in [0, 0.05) is 17.5 Å². The fraction of sp³-hybridized carbons (Fsp3) is 0.615. The van der Waals surface area contributed by atoms with Gasteiger partial charge in [-0.25, -0.2) is 13.2 Å². The molecule has 2 heterocycles. The van der Waals surface area contributed by atoms with Gasteiger partial charge in [0.1, 0.15) is 0 Å². The topological polar surface area (TPSA) is 66.5 Å². The van der Waals surface area contributed by atoms with E-state index < -0.39 is 9.84 Å². The first-order valence-corrected chi connectivity index (χ1v) is 9.37. The lowest BCUT2D eigenvalue weighted by atomic mass is 10.2. The maximum absolute atomic E-state index is 12.2. The van der Waals surface area contributed by atoms with Gasteiger partial charge in [0.15, 0.2) is 9.84 Å². The number of rotatable bonds is 2. The van der Waals surface area contributed by atoms with E-state index in [4.69, 9.17) is 0 Å². The molecule has 0 aliphatic carbocycles. The second kappa shape index (κ2) is 6.13. The first-order valence-electron chi connectivity index (χ1n) is 6.67. The van der Waals surface area contributed by atoms with Crippen LogP contribution in [0.3, 0.4) is 0 Å². The van der Waals surface area contributed by atoms with Crippen molar-refractivity contribution in [1.82, 2.24) is 10.2 Å². The number of carbonyl (C=O) groups excluding carboxylic acids is 1. The van der Waals surface area contributed by atoms with Crippen molar-refractivity contribution >= 4 is 27.2 Å². The largest absolute Gasteiger partial charge is 0.333 e. The molecule has 1 atom stereocenters. The molecular formula is C13H20N2O3S2. The van der Waals surface area contributed by atoms with Crippen LogP contribution in [0.5, 0.6) is 0 Å². The van der Waals surface area contributed by atoms with Crippen LogP contribution in [0.25, 0.3) is 0 Å². The molecule has 1 fully saturated rings. The maximum Gasteiger partial charge on any atom is 0.317 e. The van der Waals surface area contributed by atoms with Crippen LogP contribution in [-0.4, -0.2) is 43.4 Å². The van der Waals surface area contributed by atoms with Gasteiger partial charge in [0.25, 0.3) is 0 Å². The number of nitrogens with zero attached hydrogens (tertiary/aromatic N) is 1. The Morgan fingerprint density at radius 1 is 1.50 bits per heavy atom. The molecule has 5 nitrogen and oxygen atoms in total. The van der Waals surface area contributed by atoms with E-state index in [1.54, 1.807) is 16.2 Å². The summed E-state index contributed by atoms with van der Waals surface area (Å²) in [4.78, 5) is 15.0. The smallest absolute Gasteiger partial charge is 0.317 e. The van der Waals surface area contributed by atoms with Crippen molar-refractivity contribution in [3.63, 3.8) is 0 Å². The van der Waals surface area contributed by atoms with E-state index >= 15 is 0 Å². The van der Waals surface area contributed by atoms with Crippen LogP contribution in [0.4, 0.5) is 4.79 Å². The van der Waals surface area contributed by atoms with Gasteiger partial charge in [0.05, 0.1) is 18.1 Å². The monoisotopic (exact) mass is 316 g/mol. The average molecular weight is 316 g/mol. The van der Waals surface area contributed by atoms with Gasteiger partial charge >= 0.3 is 6.03 Å². The van der Waals surface area contributed by atoms with E-state index in [1.807, 2.05) is 25.3 Å². The predicted octanol–water partition coefficient (Wildman–Crippen LogP) is 1.78. The molecule has 1 saturated heterocycles. The number of aryl methyl sites for hydroxylation is 1. The quantitative estimate of drug-likeness (QED) is 0.904. The number of amides is 2. The molecule has 0 bridgehead atoms. The molecule has 2 rings (SSSR count). The van der Waals surface area contributed by atoms with E-state index in [2.05, 4.69) is 5.32 Å². The normalized spacial score (nSPS) is 22.3. The molecule has 1 aliphatic heterocycles. The van der Waals surface area contributed by atoms with Crippen molar-refractivity contribution in [1.29, 1.82) is 0 Å². The molecule has 1 aromatic rings.